The molecule has 1 heterocycles. The molecule has 2 N–H and O–H groups in total. The van der Waals surface area contributed by atoms with E-state index >= 15 is 0 Å². The summed E-state index contributed by atoms with van der Waals surface area (Å²) < 4.78 is 0. The van der Waals surface area contributed by atoms with Crippen LogP contribution in [-0.2, 0) is 16.1 Å². The summed E-state index contributed by atoms with van der Waals surface area (Å²) in [6.07, 6.45) is 2.66. The number of nitrogens with zero attached hydrogens (tertiary/aromatic N) is 1. The van der Waals surface area contributed by atoms with Crippen LogP contribution in [0.5, 0.6) is 0 Å². The van der Waals surface area contributed by atoms with Crippen molar-refractivity contribution in [2.75, 3.05) is 24.5 Å². The average Bonchev–Trinajstić information content (AvgIpc) is 2.90. The number of hydrogen-bond donors (Lipinski definition) is 2. The van der Waals surface area contributed by atoms with Gasteiger partial charge in [-0.3, -0.25) is 14.5 Å². The molecular weight excluding hydrogens is 502 g/mol. The van der Waals surface area contributed by atoms with Crippen molar-refractivity contribution in [1.82, 2.24) is 5.32 Å². The van der Waals surface area contributed by atoms with Crippen LogP contribution in [0.25, 0.3) is 6.08 Å². The van der Waals surface area contributed by atoms with Crippen molar-refractivity contribution in [3.8, 4) is 0 Å². The number of amides is 2. The predicted molar refractivity (Wildman–Crippen MR) is 153 cm³/mol. The third-order valence-corrected chi connectivity index (χ3v) is 7.83. The second-order valence-electron chi connectivity index (χ2n) is 9.42. The molecule has 0 radical (unpaired) electrons. The third-order valence-electron chi connectivity index (χ3n) is 6.41. The number of fused-ring (bicyclic) bond motifs is 1. The monoisotopic (exact) mass is 534 g/mol. The van der Waals surface area contributed by atoms with Gasteiger partial charge in [0.15, 0.2) is 0 Å². The Bertz CT molecular complexity index is 1260. The summed E-state index contributed by atoms with van der Waals surface area (Å²) in [7, 11) is 0. The number of carbonyl (C=O) groups is 2. The molecule has 5 nitrogen and oxygen atoms in total. The number of benzene rings is 3. The van der Waals surface area contributed by atoms with Crippen molar-refractivity contribution < 1.29 is 14.5 Å². The number of nitrogens with one attached hydrogen (secondary N) is 2. The van der Waals surface area contributed by atoms with E-state index in [1.807, 2.05) is 48.5 Å². The maximum Gasteiger partial charge on any atom is 0.265 e. The summed E-state index contributed by atoms with van der Waals surface area (Å²) >= 11 is 7.73. The lowest BCUT2D eigenvalue weighted by molar-refractivity contribution is -0.935. The van der Waals surface area contributed by atoms with Gasteiger partial charge in [0, 0.05) is 28.4 Å². The van der Waals surface area contributed by atoms with Gasteiger partial charge in [-0.05, 0) is 43.7 Å². The first-order valence-electron chi connectivity index (χ1n) is 12.6. The van der Waals surface area contributed by atoms with E-state index in [9.17, 15) is 9.59 Å². The quantitative estimate of drug-likeness (QED) is 0.290. The number of rotatable bonds is 10. The van der Waals surface area contributed by atoms with E-state index in [-0.39, 0.29) is 18.4 Å². The third kappa shape index (κ3) is 7.25. The second-order valence-corrected chi connectivity index (χ2v) is 10.9. The Morgan fingerprint density at radius 2 is 1.73 bits per heavy atom. The smallest absolute Gasteiger partial charge is 0.265 e. The maximum absolute atomic E-state index is 13.4. The number of thioether (sulfide) groups is 1. The van der Waals surface area contributed by atoms with Crippen LogP contribution in [0.3, 0.4) is 0 Å². The van der Waals surface area contributed by atoms with Crippen molar-refractivity contribution in [2.45, 2.75) is 37.8 Å². The zero-order chi connectivity index (χ0) is 26.2. The SMILES string of the molecule is CC(C)[NH+](CCCNC(=O)CN1C(=O)C(=Cc2ccccc2Cl)Sc2ccccc21)Cc1ccccc1. The molecule has 1 aliphatic heterocycles. The fourth-order valence-electron chi connectivity index (χ4n) is 4.33. The molecule has 1 atom stereocenters. The van der Waals surface area contributed by atoms with Crippen LogP contribution in [0, 0.1) is 0 Å². The molecule has 4 rings (SSSR count). The molecule has 1 aliphatic rings. The minimum Gasteiger partial charge on any atom is -0.354 e. The molecule has 3 aromatic carbocycles. The first-order valence-corrected chi connectivity index (χ1v) is 13.8. The van der Waals surface area contributed by atoms with Gasteiger partial charge in [-0.15, -0.1) is 0 Å². The van der Waals surface area contributed by atoms with Gasteiger partial charge in [-0.1, -0.05) is 84.0 Å². The van der Waals surface area contributed by atoms with Crippen molar-refractivity contribution in [3.63, 3.8) is 0 Å². The summed E-state index contributed by atoms with van der Waals surface area (Å²) in [6.45, 7) is 6.92. The lowest BCUT2D eigenvalue weighted by Crippen LogP contribution is -3.13. The molecule has 1 unspecified atom stereocenters. The summed E-state index contributed by atoms with van der Waals surface area (Å²) in [5.41, 5.74) is 2.84. The molecular formula is C30H33ClN3O2S+. The van der Waals surface area contributed by atoms with Gasteiger partial charge in [0.05, 0.1) is 23.2 Å². The van der Waals surface area contributed by atoms with E-state index in [0.717, 1.165) is 35.7 Å². The molecule has 0 saturated carbocycles. The highest BCUT2D eigenvalue weighted by molar-refractivity contribution is 8.04. The Morgan fingerprint density at radius 3 is 2.49 bits per heavy atom. The first-order chi connectivity index (χ1) is 17.9. The predicted octanol–water partition coefficient (Wildman–Crippen LogP) is 4.82. The summed E-state index contributed by atoms with van der Waals surface area (Å²) in [4.78, 5) is 30.8. The van der Waals surface area contributed by atoms with Crippen LogP contribution in [0.2, 0.25) is 5.02 Å². The molecule has 0 aromatic heterocycles. The summed E-state index contributed by atoms with van der Waals surface area (Å²) in [6, 6.07) is 26.1. The molecule has 0 spiro atoms. The first kappa shape index (κ1) is 27.0. The van der Waals surface area contributed by atoms with Gasteiger partial charge in [0.25, 0.3) is 5.91 Å². The Kier molecular flexibility index (Phi) is 9.45. The molecule has 37 heavy (non-hydrogen) atoms. The van der Waals surface area contributed by atoms with Gasteiger partial charge >= 0.3 is 0 Å². The zero-order valence-corrected chi connectivity index (χ0v) is 22.8. The van der Waals surface area contributed by atoms with Crippen molar-refractivity contribution in [3.05, 3.63) is 99.9 Å². The standard InChI is InChI=1S/C30H32ClN3O2S/c1-22(2)33(20-23-11-4-3-5-12-23)18-10-17-32-29(35)21-34-26-15-8-9-16-27(26)37-28(30(34)36)19-24-13-6-7-14-25(24)31/h3-9,11-16,19,22H,10,17-18,20-21H2,1-2H3,(H,32,35)/p+1. The van der Waals surface area contributed by atoms with E-state index in [1.165, 1.54) is 22.2 Å². The molecule has 192 valence electrons. The van der Waals surface area contributed by atoms with Crippen LogP contribution in [0.4, 0.5) is 5.69 Å². The van der Waals surface area contributed by atoms with E-state index in [2.05, 4.69) is 43.4 Å². The van der Waals surface area contributed by atoms with Crippen LogP contribution >= 0.6 is 23.4 Å². The number of quaternary nitrogens is 1. The minimum absolute atomic E-state index is 0.0268. The lowest BCUT2D eigenvalue weighted by atomic mass is 10.2. The van der Waals surface area contributed by atoms with Crippen molar-refractivity contribution in [2.24, 2.45) is 0 Å². The highest BCUT2D eigenvalue weighted by Crippen LogP contribution is 2.42. The molecule has 0 bridgehead atoms. The molecule has 7 heteroatoms. The number of carbonyl (C=O) groups excluding carboxylic acids is 2. The number of hydrogen-bond acceptors (Lipinski definition) is 3. The van der Waals surface area contributed by atoms with E-state index in [4.69, 9.17) is 11.6 Å². The number of para-hydroxylation sites is 1. The average molecular weight is 535 g/mol. The van der Waals surface area contributed by atoms with Gasteiger partial charge in [-0.2, -0.15) is 0 Å². The van der Waals surface area contributed by atoms with Crippen LogP contribution in [0.1, 0.15) is 31.4 Å². The Morgan fingerprint density at radius 1 is 1.03 bits per heavy atom. The van der Waals surface area contributed by atoms with Crippen LogP contribution < -0.4 is 15.1 Å². The number of halogens is 1. The van der Waals surface area contributed by atoms with Gasteiger partial charge in [-0.25, -0.2) is 0 Å². The van der Waals surface area contributed by atoms with Crippen molar-refractivity contribution >= 4 is 46.9 Å². The molecule has 0 aliphatic carbocycles. The molecule has 0 saturated heterocycles. The molecule has 2 amide bonds. The Hall–Kier alpha value is -3.06. The highest BCUT2D eigenvalue weighted by Gasteiger charge is 2.30. The summed E-state index contributed by atoms with van der Waals surface area (Å²) in [5, 5.41) is 3.60. The fourth-order valence-corrected chi connectivity index (χ4v) is 5.57. The van der Waals surface area contributed by atoms with E-state index in [0.29, 0.717) is 22.5 Å². The lowest BCUT2D eigenvalue weighted by Gasteiger charge is -2.30. The largest absolute Gasteiger partial charge is 0.354 e. The maximum atomic E-state index is 13.4. The molecule has 0 fully saturated rings. The van der Waals surface area contributed by atoms with Gasteiger partial charge in [0.2, 0.25) is 5.91 Å². The Balaban J connectivity index is 1.37. The molecule has 3 aromatic rings. The second kappa shape index (κ2) is 13.0. The summed E-state index contributed by atoms with van der Waals surface area (Å²) in [5.74, 6) is -0.363. The number of anilines is 1. The van der Waals surface area contributed by atoms with E-state index < -0.39 is 0 Å². The fraction of sp³-hybridized carbons (Fsp3) is 0.267. The van der Waals surface area contributed by atoms with E-state index in [1.54, 1.807) is 17.0 Å². The highest BCUT2D eigenvalue weighted by atomic mass is 35.5. The zero-order valence-electron chi connectivity index (χ0n) is 21.2. The minimum atomic E-state index is -0.197. The Labute approximate surface area is 228 Å². The van der Waals surface area contributed by atoms with Gasteiger partial charge < -0.3 is 10.2 Å². The van der Waals surface area contributed by atoms with Crippen LogP contribution in [0.15, 0.2) is 88.7 Å². The topological polar surface area (TPSA) is 53.9 Å². The van der Waals surface area contributed by atoms with Crippen LogP contribution in [-0.4, -0.2) is 37.5 Å². The normalized spacial score (nSPS) is 15.1. The van der Waals surface area contributed by atoms with Gasteiger partial charge in [0.1, 0.15) is 13.1 Å². The van der Waals surface area contributed by atoms with Crippen molar-refractivity contribution in [1.29, 1.82) is 0 Å².